The van der Waals surface area contributed by atoms with E-state index in [0.717, 1.165) is 5.56 Å². The van der Waals surface area contributed by atoms with Gasteiger partial charge in [-0.3, -0.25) is 4.79 Å². The van der Waals surface area contributed by atoms with Crippen molar-refractivity contribution in [3.05, 3.63) is 40.8 Å². The first-order valence-corrected chi connectivity index (χ1v) is 8.45. The highest BCUT2D eigenvalue weighted by molar-refractivity contribution is 7.15. The van der Waals surface area contributed by atoms with Crippen molar-refractivity contribution in [1.29, 1.82) is 0 Å². The third kappa shape index (κ3) is 3.79. The first-order valence-electron chi connectivity index (χ1n) is 7.57. The van der Waals surface area contributed by atoms with E-state index >= 15 is 0 Å². The van der Waals surface area contributed by atoms with Gasteiger partial charge in [-0.25, -0.2) is 4.79 Å². The van der Waals surface area contributed by atoms with Crippen molar-refractivity contribution in [2.45, 2.75) is 33.6 Å². The number of nitrogens with one attached hydrogen (secondary N) is 1. The SMILES string of the molecule is CC(C)C(=O)Nc1scc(-c2ccc(C(C)C)cc2)c1C(=O)O. The van der Waals surface area contributed by atoms with E-state index in [-0.39, 0.29) is 17.4 Å². The smallest absolute Gasteiger partial charge is 0.339 e. The van der Waals surface area contributed by atoms with Gasteiger partial charge in [0.25, 0.3) is 0 Å². The van der Waals surface area contributed by atoms with Crippen LogP contribution >= 0.6 is 11.3 Å². The van der Waals surface area contributed by atoms with E-state index in [2.05, 4.69) is 19.2 Å². The Bertz CT molecular complexity index is 714. The molecule has 0 radical (unpaired) electrons. The molecule has 0 unspecified atom stereocenters. The largest absolute Gasteiger partial charge is 0.478 e. The van der Waals surface area contributed by atoms with Gasteiger partial charge in [0.1, 0.15) is 10.6 Å². The van der Waals surface area contributed by atoms with E-state index in [1.807, 2.05) is 24.3 Å². The molecule has 0 aliphatic rings. The van der Waals surface area contributed by atoms with Gasteiger partial charge in [-0.15, -0.1) is 11.3 Å². The third-order valence-electron chi connectivity index (χ3n) is 3.65. The zero-order chi connectivity index (χ0) is 17.1. The van der Waals surface area contributed by atoms with Crippen LogP contribution in [0.5, 0.6) is 0 Å². The van der Waals surface area contributed by atoms with E-state index in [4.69, 9.17) is 0 Å². The summed E-state index contributed by atoms with van der Waals surface area (Å²) in [5.41, 5.74) is 2.83. The van der Waals surface area contributed by atoms with Crippen molar-refractivity contribution in [3.8, 4) is 11.1 Å². The summed E-state index contributed by atoms with van der Waals surface area (Å²) in [7, 11) is 0. The summed E-state index contributed by atoms with van der Waals surface area (Å²) in [5, 5.41) is 14.4. The number of rotatable bonds is 5. The van der Waals surface area contributed by atoms with Crippen molar-refractivity contribution >= 4 is 28.2 Å². The molecule has 122 valence electrons. The molecule has 2 rings (SSSR count). The predicted octanol–water partition coefficient (Wildman–Crippen LogP) is 4.83. The first-order chi connectivity index (χ1) is 10.8. The number of carboxylic acids is 1. The fourth-order valence-corrected chi connectivity index (χ4v) is 3.14. The Kier molecular flexibility index (Phi) is 5.21. The zero-order valence-corrected chi connectivity index (χ0v) is 14.5. The fraction of sp³-hybridized carbons (Fsp3) is 0.333. The maximum atomic E-state index is 11.9. The van der Waals surface area contributed by atoms with Crippen LogP contribution in [0.25, 0.3) is 11.1 Å². The highest BCUT2D eigenvalue weighted by Gasteiger charge is 2.21. The monoisotopic (exact) mass is 331 g/mol. The van der Waals surface area contributed by atoms with Crippen LogP contribution in [0.2, 0.25) is 0 Å². The second-order valence-corrected chi connectivity index (χ2v) is 6.96. The van der Waals surface area contributed by atoms with Crippen LogP contribution in [-0.2, 0) is 4.79 Å². The molecule has 0 aliphatic heterocycles. The van der Waals surface area contributed by atoms with Gasteiger partial charge in [-0.2, -0.15) is 0 Å². The van der Waals surface area contributed by atoms with E-state index < -0.39 is 5.97 Å². The number of anilines is 1. The molecule has 2 N–H and O–H groups in total. The third-order valence-corrected chi connectivity index (χ3v) is 4.55. The van der Waals surface area contributed by atoms with E-state index in [1.165, 1.54) is 16.9 Å². The van der Waals surface area contributed by atoms with Crippen molar-refractivity contribution in [1.82, 2.24) is 0 Å². The number of thiophene rings is 1. The summed E-state index contributed by atoms with van der Waals surface area (Å²) in [6, 6.07) is 7.88. The standard InChI is InChI=1S/C18H21NO3S/c1-10(2)12-5-7-13(8-6-12)14-9-23-17(15(14)18(21)22)19-16(20)11(3)4/h5-11H,1-4H3,(H,19,20)(H,21,22). The Morgan fingerprint density at radius 1 is 1.09 bits per heavy atom. The van der Waals surface area contributed by atoms with Crippen molar-refractivity contribution < 1.29 is 14.7 Å². The van der Waals surface area contributed by atoms with Crippen LogP contribution in [0.4, 0.5) is 5.00 Å². The van der Waals surface area contributed by atoms with Gasteiger partial charge in [-0.05, 0) is 17.0 Å². The lowest BCUT2D eigenvalue weighted by molar-refractivity contribution is -0.118. The maximum Gasteiger partial charge on any atom is 0.339 e. The Labute approximate surface area is 140 Å². The summed E-state index contributed by atoms with van der Waals surface area (Å²) in [6.45, 7) is 7.77. The molecule has 2 aromatic rings. The number of amides is 1. The van der Waals surface area contributed by atoms with Crippen LogP contribution in [0.1, 0.15) is 49.5 Å². The zero-order valence-electron chi connectivity index (χ0n) is 13.7. The molecule has 0 bridgehead atoms. The lowest BCUT2D eigenvalue weighted by Crippen LogP contribution is -2.18. The second kappa shape index (κ2) is 6.96. The quantitative estimate of drug-likeness (QED) is 0.824. The highest BCUT2D eigenvalue weighted by Crippen LogP contribution is 2.36. The average Bonchev–Trinajstić information content (AvgIpc) is 2.91. The molecule has 0 saturated carbocycles. The Balaban J connectivity index is 2.41. The number of benzene rings is 1. The molecule has 1 heterocycles. The van der Waals surface area contributed by atoms with Gasteiger partial charge >= 0.3 is 5.97 Å². The lowest BCUT2D eigenvalue weighted by atomic mass is 9.98. The van der Waals surface area contributed by atoms with Gasteiger partial charge in [0.2, 0.25) is 5.91 Å². The Morgan fingerprint density at radius 3 is 2.17 bits per heavy atom. The lowest BCUT2D eigenvalue weighted by Gasteiger charge is -2.09. The molecular formula is C18H21NO3S. The number of carboxylic acid groups (broad SMARTS) is 1. The van der Waals surface area contributed by atoms with Crippen LogP contribution in [0, 0.1) is 5.92 Å². The second-order valence-electron chi connectivity index (χ2n) is 6.08. The highest BCUT2D eigenvalue weighted by atomic mass is 32.1. The van der Waals surface area contributed by atoms with Gasteiger partial charge in [-0.1, -0.05) is 52.0 Å². The topological polar surface area (TPSA) is 66.4 Å². The van der Waals surface area contributed by atoms with Crippen LogP contribution in [0.15, 0.2) is 29.6 Å². The van der Waals surface area contributed by atoms with Gasteiger partial charge in [0, 0.05) is 16.9 Å². The van der Waals surface area contributed by atoms with E-state index in [9.17, 15) is 14.7 Å². The summed E-state index contributed by atoms with van der Waals surface area (Å²) in [6.07, 6.45) is 0. The van der Waals surface area contributed by atoms with Crippen LogP contribution in [-0.4, -0.2) is 17.0 Å². The molecule has 4 nitrogen and oxygen atoms in total. The molecule has 0 saturated heterocycles. The summed E-state index contributed by atoms with van der Waals surface area (Å²) >= 11 is 1.24. The number of carbonyl (C=O) groups is 2. The van der Waals surface area contributed by atoms with E-state index in [0.29, 0.717) is 16.5 Å². The minimum Gasteiger partial charge on any atom is -0.478 e. The molecule has 5 heteroatoms. The first kappa shape index (κ1) is 17.2. The van der Waals surface area contributed by atoms with Gasteiger partial charge in [0.15, 0.2) is 0 Å². The van der Waals surface area contributed by atoms with Crippen molar-refractivity contribution in [2.75, 3.05) is 5.32 Å². The average molecular weight is 331 g/mol. The van der Waals surface area contributed by atoms with Crippen LogP contribution in [0.3, 0.4) is 0 Å². The molecule has 1 amide bonds. The molecule has 0 aliphatic carbocycles. The molecule has 0 atom stereocenters. The summed E-state index contributed by atoms with van der Waals surface area (Å²) < 4.78 is 0. The molecule has 23 heavy (non-hydrogen) atoms. The number of aromatic carboxylic acids is 1. The Morgan fingerprint density at radius 2 is 1.70 bits per heavy atom. The Hall–Kier alpha value is -2.14. The molecule has 0 spiro atoms. The molecule has 1 aromatic carbocycles. The van der Waals surface area contributed by atoms with Gasteiger partial charge < -0.3 is 10.4 Å². The van der Waals surface area contributed by atoms with E-state index in [1.54, 1.807) is 19.2 Å². The number of hydrogen-bond donors (Lipinski definition) is 2. The minimum absolute atomic E-state index is 0.154. The summed E-state index contributed by atoms with van der Waals surface area (Å²) in [4.78, 5) is 23.5. The molecular weight excluding hydrogens is 310 g/mol. The normalized spacial score (nSPS) is 11.0. The number of hydrogen-bond acceptors (Lipinski definition) is 3. The summed E-state index contributed by atoms with van der Waals surface area (Å²) in [5.74, 6) is -0.997. The van der Waals surface area contributed by atoms with Crippen molar-refractivity contribution in [2.24, 2.45) is 5.92 Å². The molecule has 0 fully saturated rings. The van der Waals surface area contributed by atoms with Crippen molar-refractivity contribution in [3.63, 3.8) is 0 Å². The predicted molar refractivity (Wildman–Crippen MR) is 94.3 cm³/mol. The minimum atomic E-state index is -1.03. The van der Waals surface area contributed by atoms with Gasteiger partial charge in [0.05, 0.1) is 0 Å². The van der Waals surface area contributed by atoms with Crippen LogP contribution < -0.4 is 5.32 Å². The fourth-order valence-electron chi connectivity index (χ4n) is 2.18. The number of carbonyl (C=O) groups excluding carboxylic acids is 1. The molecule has 1 aromatic heterocycles. The maximum absolute atomic E-state index is 11.9.